The maximum absolute atomic E-state index is 10.9. The van der Waals surface area contributed by atoms with E-state index in [0.29, 0.717) is 5.02 Å². The fraction of sp³-hybridized carbons (Fsp3) is 0.400. The number of nitrogens with zero attached hydrogens (tertiary/aromatic N) is 1. The lowest BCUT2D eigenvalue weighted by Crippen LogP contribution is -2.32. The minimum atomic E-state index is -1.00. The Bertz CT molecular complexity index is 620. The number of aryl methyl sites for hydroxylation is 1. The van der Waals surface area contributed by atoms with E-state index in [2.05, 4.69) is 0 Å². The van der Waals surface area contributed by atoms with Gasteiger partial charge < -0.3 is 15.4 Å². The Hall–Kier alpha value is -1.52. The summed E-state index contributed by atoms with van der Waals surface area (Å²) in [6.07, 6.45) is 0.280. The van der Waals surface area contributed by atoms with Crippen molar-refractivity contribution in [2.75, 3.05) is 0 Å². The van der Waals surface area contributed by atoms with E-state index in [4.69, 9.17) is 22.4 Å². The summed E-state index contributed by atoms with van der Waals surface area (Å²) in [5, 5.41) is 10.4. The molecule has 0 aliphatic heterocycles. The van der Waals surface area contributed by atoms with Crippen molar-refractivity contribution in [3.05, 3.63) is 34.5 Å². The quantitative estimate of drug-likeness (QED) is 0.914. The van der Waals surface area contributed by atoms with Crippen molar-refractivity contribution in [2.45, 2.75) is 33.2 Å². The third-order valence-electron chi connectivity index (χ3n) is 3.34. The molecule has 110 valence electrons. The van der Waals surface area contributed by atoms with E-state index in [1.165, 1.54) is 0 Å². The van der Waals surface area contributed by atoms with Crippen LogP contribution >= 0.6 is 11.6 Å². The van der Waals surface area contributed by atoms with Crippen LogP contribution in [0.5, 0.6) is 0 Å². The smallest absolute Gasteiger partial charge is 0.320 e. The normalized spacial score (nSPS) is 11.9. The van der Waals surface area contributed by atoms with Crippen molar-refractivity contribution in [1.82, 2.24) is 4.57 Å². The average molecular weight is 297 g/mol. The summed E-state index contributed by atoms with van der Waals surface area (Å²) in [5.74, 6) is -1.00. The highest BCUT2D eigenvalue weighted by Gasteiger charge is 2.20. The lowest BCUT2D eigenvalue weighted by Gasteiger charge is -2.07. The molecule has 1 atom stereocenters. The van der Waals surface area contributed by atoms with Gasteiger partial charge in [0.15, 0.2) is 0 Å². The third-order valence-corrected chi connectivity index (χ3v) is 3.65. The zero-order valence-corrected chi connectivity index (χ0v) is 13.0. The molecule has 0 saturated heterocycles. The molecular weight excluding hydrogens is 276 g/mol. The van der Waals surface area contributed by atoms with Crippen LogP contribution in [0.25, 0.3) is 10.9 Å². The number of hydrogen-bond donors (Lipinski definition) is 2. The Balaban J connectivity index is 0.000000956. The second-order valence-corrected chi connectivity index (χ2v) is 4.81. The molecule has 0 spiro atoms. The average Bonchev–Trinajstić information content (AvgIpc) is 2.67. The molecule has 0 amide bonds. The van der Waals surface area contributed by atoms with Gasteiger partial charge in [-0.05, 0) is 24.6 Å². The van der Waals surface area contributed by atoms with E-state index in [0.717, 1.165) is 22.2 Å². The molecule has 1 aromatic heterocycles. The number of rotatable bonds is 3. The number of carbonyl (C=O) groups is 1. The van der Waals surface area contributed by atoms with Crippen LogP contribution in [-0.2, 0) is 18.3 Å². The molecule has 0 bridgehead atoms. The zero-order valence-electron chi connectivity index (χ0n) is 12.3. The van der Waals surface area contributed by atoms with Gasteiger partial charge in [0.2, 0.25) is 0 Å². The standard InChI is InChI=1S/C13H15ClN2O2.C2H6/c1-7-8(6-10(15)13(17)18)12-9(14)4-3-5-11(12)16(7)2;1-2/h3-5,10H,6,15H2,1-2H3,(H,17,18);1-2H3. The van der Waals surface area contributed by atoms with Crippen LogP contribution in [0.1, 0.15) is 25.1 Å². The van der Waals surface area contributed by atoms with Gasteiger partial charge in [-0.15, -0.1) is 0 Å². The van der Waals surface area contributed by atoms with Gasteiger partial charge in [-0.25, -0.2) is 0 Å². The molecule has 5 heteroatoms. The first-order chi connectivity index (χ1) is 9.43. The van der Waals surface area contributed by atoms with Crippen molar-refractivity contribution >= 4 is 28.5 Å². The summed E-state index contributed by atoms with van der Waals surface area (Å²) in [7, 11) is 1.93. The molecule has 3 N–H and O–H groups in total. The van der Waals surface area contributed by atoms with Crippen molar-refractivity contribution in [3.8, 4) is 0 Å². The summed E-state index contributed by atoms with van der Waals surface area (Å²) in [4.78, 5) is 10.9. The van der Waals surface area contributed by atoms with Crippen LogP contribution < -0.4 is 5.73 Å². The molecular formula is C15H21ClN2O2. The number of nitrogens with two attached hydrogens (primary N) is 1. The molecule has 4 nitrogen and oxygen atoms in total. The molecule has 0 aliphatic rings. The topological polar surface area (TPSA) is 68.2 Å². The number of carboxylic acids is 1. The first-order valence-corrected chi connectivity index (χ1v) is 7.02. The van der Waals surface area contributed by atoms with Gasteiger partial charge in [0.1, 0.15) is 6.04 Å². The number of hydrogen-bond acceptors (Lipinski definition) is 2. The molecule has 0 fully saturated rings. The minimum absolute atomic E-state index is 0.280. The van der Waals surface area contributed by atoms with E-state index < -0.39 is 12.0 Å². The molecule has 2 rings (SSSR count). The van der Waals surface area contributed by atoms with Crippen molar-refractivity contribution in [2.24, 2.45) is 12.8 Å². The Labute approximate surface area is 124 Å². The summed E-state index contributed by atoms with van der Waals surface area (Å²) in [5.41, 5.74) is 8.51. The lowest BCUT2D eigenvalue weighted by molar-refractivity contribution is -0.138. The summed E-state index contributed by atoms with van der Waals surface area (Å²) in [6.45, 7) is 5.94. The maximum atomic E-state index is 10.9. The first-order valence-electron chi connectivity index (χ1n) is 6.64. The van der Waals surface area contributed by atoms with Crippen LogP contribution in [0.3, 0.4) is 0 Å². The van der Waals surface area contributed by atoms with E-state index in [1.54, 1.807) is 6.07 Å². The van der Waals surface area contributed by atoms with E-state index in [1.807, 2.05) is 44.5 Å². The Kier molecular flexibility index (Phi) is 5.60. The number of carboxylic acid groups (broad SMARTS) is 1. The van der Waals surface area contributed by atoms with Crippen molar-refractivity contribution < 1.29 is 9.90 Å². The van der Waals surface area contributed by atoms with Gasteiger partial charge >= 0.3 is 5.97 Å². The Morgan fingerprint density at radius 1 is 1.45 bits per heavy atom. The predicted octanol–water partition coefficient (Wildman–Crippen LogP) is 3.12. The third kappa shape index (κ3) is 2.97. The second-order valence-electron chi connectivity index (χ2n) is 4.41. The molecule has 20 heavy (non-hydrogen) atoms. The summed E-state index contributed by atoms with van der Waals surface area (Å²) >= 11 is 6.21. The molecule has 2 aromatic rings. The highest BCUT2D eigenvalue weighted by atomic mass is 35.5. The van der Waals surface area contributed by atoms with Crippen LogP contribution in [0, 0.1) is 6.92 Å². The minimum Gasteiger partial charge on any atom is -0.480 e. The molecule has 0 radical (unpaired) electrons. The van der Waals surface area contributed by atoms with Gasteiger partial charge in [-0.3, -0.25) is 4.79 Å². The number of halogens is 1. The Morgan fingerprint density at radius 3 is 2.60 bits per heavy atom. The SMILES string of the molecule is CC.Cc1c(CC(N)C(=O)O)c2c(Cl)cccc2n1C. The lowest BCUT2D eigenvalue weighted by atomic mass is 10.0. The molecule has 0 aliphatic carbocycles. The zero-order chi connectivity index (χ0) is 15.4. The number of benzene rings is 1. The van der Waals surface area contributed by atoms with Gasteiger partial charge in [0, 0.05) is 30.1 Å². The van der Waals surface area contributed by atoms with Crippen LogP contribution in [0.4, 0.5) is 0 Å². The number of aromatic nitrogens is 1. The van der Waals surface area contributed by atoms with Crippen molar-refractivity contribution in [3.63, 3.8) is 0 Å². The first kappa shape index (κ1) is 16.5. The van der Waals surface area contributed by atoms with Crippen LogP contribution in [0.2, 0.25) is 5.02 Å². The fourth-order valence-corrected chi connectivity index (χ4v) is 2.50. The van der Waals surface area contributed by atoms with E-state index >= 15 is 0 Å². The van der Waals surface area contributed by atoms with Gasteiger partial charge in [0.25, 0.3) is 0 Å². The monoisotopic (exact) mass is 296 g/mol. The summed E-state index contributed by atoms with van der Waals surface area (Å²) in [6, 6.07) is 4.74. The highest BCUT2D eigenvalue weighted by molar-refractivity contribution is 6.35. The fourth-order valence-electron chi connectivity index (χ4n) is 2.21. The summed E-state index contributed by atoms with van der Waals surface area (Å²) < 4.78 is 2.01. The Morgan fingerprint density at radius 2 is 2.05 bits per heavy atom. The van der Waals surface area contributed by atoms with Crippen molar-refractivity contribution in [1.29, 1.82) is 0 Å². The largest absolute Gasteiger partial charge is 0.480 e. The number of aliphatic carboxylic acids is 1. The van der Waals surface area contributed by atoms with E-state index in [9.17, 15) is 4.79 Å². The van der Waals surface area contributed by atoms with Gasteiger partial charge in [-0.1, -0.05) is 31.5 Å². The number of fused-ring (bicyclic) bond motifs is 1. The van der Waals surface area contributed by atoms with Crippen LogP contribution in [-0.4, -0.2) is 21.7 Å². The predicted molar refractivity (Wildman–Crippen MR) is 83.3 cm³/mol. The maximum Gasteiger partial charge on any atom is 0.320 e. The molecule has 1 aromatic carbocycles. The second kappa shape index (κ2) is 6.77. The van der Waals surface area contributed by atoms with Gasteiger partial charge in [0.05, 0.1) is 5.02 Å². The molecule has 1 unspecified atom stereocenters. The highest BCUT2D eigenvalue weighted by Crippen LogP contribution is 2.31. The van der Waals surface area contributed by atoms with Crippen LogP contribution in [0.15, 0.2) is 18.2 Å². The molecule has 1 heterocycles. The van der Waals surface area contributed by atoms with E-state index in [-0.39, 0.29) is 6.42 Å². The van der Waals surface area contributed by atoms with Gasteiger partial charge in [-0.2, -0.15) is 0 Å². The molecule has 0 saturated carbocycles.